The lowest BCUT2D eigenvalue weighted by molar-refractivity contribution is 0.582. The minimum Gasteiger partial charge on any atom is -0.211 e. The maximum absolute atomic E-state index is 12.4. The molecule has 114 valence electrons. The Labute approximate surface area is 137 Å². The van der Waals surface area contributed by atoms with Crippen molar-refractivity contribution < 1.29 is 8.42 Å². The first kappa shape index (κ1) is 15.4. The smallest absolute Gasteiger partial charge is 0.211 e. The number of nitrogens with one attached hydrogen (secondary N) is 1. The molecule has 22 heavy (non-hydrogen) atoms. The SMILES string of the molecule is O=S(=O)(NCCc1ccc(Cl)cc1)c1cccc2nsnc12. The highest BCUT2D eigenvalue weighted by Gasteiger charge is 2.18. The molecule has 0 saturated carbocycles. The summed E-state index contributed by atoms with van der Waals surface area (Å²) in [6, 6.07) is 12.3. The molecule has 0 aliphatic heterocycles. The summed E-state index contributed by atoms with van der Waals surface area (Å²) in [5, 5.41) is 0.659. The van der Waals surface area contributed by atoms with E-state index in [1.807, 2.05) is 12.1 Å². The van der Waals surface area contributed by atoms with E-state index in [0.717, 1.165) is 17.3 Å². The summed E-state index contributed by atoms with van der Waals surface area (Å²) in [5.74, 6) is 0. The molecule has 0 unspecified atom stereocenters. The fourth-order valence-corrected chi connectivity index (χ4v) is 3.98. The number of halogens is 1. The van der Waals surface area contributed by atoms with E-state index in [9.17, 15) is 8.42 Å². The van der Waals surface area contributed by atoms with Gasteiger partial charge in [0, 0.05) is 11.6 Å². The zero-order valence-electron chi connectivity index (χ0n) is 11.4. The maximum atomic E-state index is 12.4. The molecule has 0 aliphatic carbocycles. The molecule has 0 amide bonds. The molecule has 1 aromatic heterocycles. The Morgan fingerprint density at radius 2 is 1.86 bits per heavy atom. The van der Waals surface area contributed by atoms with Crippen LogP contribution in [0, 0.1) is 0 Å². The van der Waals surface area contributed by atoms with Crippen LogP contribution in [0.5, 0.6) is 0 Å². The van der Waals surface area contributed by atoms with Gasteiger partial charge >= 0.3 is 0 Å². The third-order valence-corrected chi connectivity index (χ3v) is 5.44. The van der Waals surface area contributed by atoms with Gasteiger partial charge in [0.25, 0.3) is 0 Å². The Balaban J connectivity index is 1.74. The Kier molecular flexibility index (Phi) is 4.39. The standard InChI is InChI=1S/C14H12ClN3O2S2/c15-11-6-4-10(5-7-11)8-9-16-22(19,20)13-3-1-2-12-14(13)18-21-17-12/h1-7,16H,8-9H2. The number of rotatable bonds is 5. The molecular formula is C14H12ClN3O2S2. The van der Waals surface area contributed by atoms with E-state index in [1.54, 1.807) is 24.3 Å². The monoisotopic (exact) mass is 353 g/mol. The van der Waals surface area contributed by atoms with Gasteiger partial charge in [0.2, 0.25) is 10.0 Å². The molecule has 0 fully saturated rings. The summed E-state index contributed by atoms with van der Waals surface area (Å²) in [4.78, 5) is 0.162. The number of hydrogen-bond donors (Lipinski definition) is 1. The van der Waals surface area contributed by atoms with Crippen molar-refractivity contribution in [3.63, 3.8) is 0 Å². The van der Waals surface area contributed by atoms with E-state index in [1.165, 1.54) is 6.07 Å². The van der Waals surface area contributed by atoms with Gasteiger partial charge < -0.3 is 0 Å². The van der Waals surface area contributed by atoms with Crippen LogP contribution in [0.2, 0.25) is 5.02 Å². The van der Waals surface area contributed by atoms with E-state index >= 15 is 0 Å². The second-order valence-electron chi connectivity index (χ2n) is 4.66. The predicted octanol–water partition coefficient (Wildman–Crippen LogP) is 2.87. The lowest BCUT2D eigenvalue weighted by atomic mass is 10.2. The van der Waals surface area contributed by atoms with Crippen LogP contribution in [0.15, 0.2) is 47.4 Å². The number of nitrogens with zero attached hydrogens (tertiary/aromatic N) is 2. The van der Waals surface area contributed by atoms with Gasteiger partial charge in [-0.1, -0.05) is 29.8 Å². The Hall–Kier alpha value is -1.54. The number of benzene rings is 2. The molecule has 0 spiro atoms. The minimum atomic E-state index is -3.61. The predicted molar refractivity (Wildman–Crippen MR) is 87.8 cm³/mol. The molecule has 2 aromatic carbocycles. The van der Waals surface area contributed by atoms with E-state index in [0.29, 0.717) is 29.0 Å². The zero-order chi connectivity index (χ0) is 15.6. The Morgan fingerprint density at radius 3 is 2.64 bits per heavy atom. The van der Waals surface area contributed by atoms with Crippen LogP contribution in [0.1, 0.15) is 5.56 Å². The minimum absolute atomic E-state index is 0.162. The molecule has 0 radical (unpaired) electrons. The topological polar surface area (TPSA) is 72.0 Å². The first-order valence-electron chi connectivity index (χ1n) is 6.52. The molecule has 3 rings (SSSR count). The van der Waals surface area contributed by atoms with Gasteiger partial charge in [0.1, 0.15) is 15.9 Å². The highest BCUT2D eigenvalue weighted by Crippen LogP contribution is 2.20. The maximum Gasteiger partial charge on any atom is 0.242 e. The van der Waals surface area contributed by atoms with Crippen LogP contribution in [-0.4, -0.2) is 23.7 Å². The van der Waals surface area contributed by atoms with E-state index < -0.39 is 10.0 Å². The van der Waals surface area contributed by atoms with Crippen molar-refractivity contribution in [3.8, 4) is 0 Å². The van der Waals surface area contributed by atoms with Crippen LogP contribution in [0.4, 0.5) is 0 Å². The molecule has 1 N–H and O–H groups in total. The van der Waals surface area contributed by atoms with Gasteiger partial charge in [0.15, 0.2) is 0 Å². The third-order valence-electron chi connectivity index (χ3n) is 3.16. The van der Waals surface area contributed by atoms with Crippen molar-refractivity contribution in [1.82, 2.24) is 13.5 Å². The normalized spacial score (nSPS) is 11.9. The molecule has 0 bridgehead atoms. The lowest BCUT2D eigenvalue weighted by Crippen LogP contribution is -2.26. The van der Waals surface area contributed by atoms with E-state index in [2.05, 4.69) is 13.5 Å². The fraction of sp³-hybridized carbons (Fsp3) is 0.143. The van der Waals surface area contributed by atoms with E-state index in [-0.39, 0.29) is 4.90 Å². The molecule has 1 heterocycles. The molecule has 5 nitrogen and oxygen atoms in total. The molecule has 3 aromatic rings. The quantitative estimate of drug-likeness (QED) is 0.765. The van der Waals surface area contributed by atoms with Gasteiger partial charge in [-0.2, -0.15) is 8.75 Å². The number of aromatic nitrogens is 2. The average molecular weight is 354 g/mol. The highest BCUT2D eigenvalue weighted by molar-refractivity contribution is 7.89. The first-order chi connectivity index (χ1) is 10.6. The lowest BCUT2D eigenvalue weighted by Gasteiger charge is -2.07. The van der Waals surface area contributed by atoms with Crippen LogP contribution in [-0.2, 0) is 16.4 Å². The molecule has 8 heteroatoms. The summed E-state index contributed by atoms with van der Waals surface area (Å²) in [6.45, 7) is 0.303. The molecular weight excluding hydrogens is 342 g/mol. The van der Waals surface area contributed by atoms with E-state index in [4.69, 9.17) is 11.6 Å². The summed E-state index contributed by atoms with van der Waals surface area (Å²) in [7, 11) is -3.61. The molecule has 0 atom stereocenters. The van der Waals surface area contributed by atoms with Crippen LogP contribution in [0.25, 0.3) is 11.0 Å². The second kappa shape index (κ2) is 6.29. The Bertz CT molecular complexity index is 892. The van der Waals surface area contributed by atoms with Crippen molar-refractivity contribution in [2.45, 2.75) is 11.3 Å². The molecule has 0 saturated heterocycles. The molecule has 0 aliphatic rings. The van der Waals surface area contributed by atoms with Crippen molar-refractivity contribution >= 4 is 44.4 Å². The van der Waals surface area contributed by atoms with Gasteiger partial charge in [-0.3, -0.25) is 0 Å². The fourth-order valence-electron chi connectivity index (χ4n) is 2.06. The largest absolute Gasteiger partial charge is 0.242 e. The van der Waals surface area contributed by atoms with Crippen LogP contribution in [0.3, 0.4) is 0 Å². The van der Waals surface area contributed by atoms with Crippen molar-refractivity contribution in [1.29, 1.82) is 0 Å². The average Bonchev–Trinajstić information content (AvgIpc) is 2.97. The van der Waals surface area contributed by atoms with Crippen molar-refractivity contribution in [2.24, 2.45) is 0 Å². The van der Waals surface area contributed by atoms with Gasteiger partial charge in [-0.05, 0) is 36.2 Å². The Morgan fingerprint density at radius 1 is 1.09 bits per heavy atom. The third kappa shape index (κ3) is 3.27. The summed E-state index contributed by atoms with van der Waals surface area (Å²) in [6.07, 6.45) is 0.585. The van der Waals surface area contributed by atoms with Crippen LogP contribution >= 0.6 is 23.3 Å². The number of fused-ring (bicyclic) bond motifs is 1. The summed E-state index contributed by atoms with van der Waals surface area (Å²) >= 11 is 6.82. The van der Waals surface area contributed by atoms with Crippen molar-refractivity contribution in [2.75, 3.05) is 6.54 Å². The first-order valence-corrected chi connectivity index (χ1v) is 9.11. The van der Waals surface area contributed by atoms with Gasteiger partial charge in [0.05, 0.1) is 11.7 Å². The number of sulfonamides is 1. The highest BCUT2D eigenvalue weighted by atomic mass is 35.5. The summed E-state index contributed by atoms with van der Waals surface area (Å²) < 4.78 is 35.5. The second-order valence-corrected chi connectivity index (χ2v) is 7.36. The summed E-state index contributed by atoms with van der Waals surface area (Å²) in [5.41, 5.74) is 2.01. The van der Waals surface area contributed by atoms with Gasteiger partial charge in [-0.25, -0.2) is 13.1 Å². The van der Waals surface area contributed by atoms with Crippen LogP contribution < -0.4 is 4.72 Å². The van der Waals surface area contributed by atoms with Crippen molar-refractivity contribution in [3.05, 3.63) is 53.1 Å². The number of hydrogen-bond acceptors (Lipinski definition) is 5. The zero-order valence-corrected chi connectivity index (χ0v) is 13.7. The van der Waals surface area contributed by atoms with Gasteiger partial charge in [-0.15, -0.1) is 0 Å².